The van der Waals surface area contributed by atoms with Crippen LogP contribution in [0.1, 0.15) is 11.4 Å². The normalized spacial score (nSPS) is 10.6. The number of ether oxygens (including phenoxy) is 2. The number of rotatable bonds is 6. The average Bonchev–Trinajstić information content (AvgIpc) is 2.84. The van der Waals surface area contributed by atoms with Gasteiger partial charge in [0.05, 0.1) is 13.7 Å². The molecule has 18 heavy (non-hydrogen) atoms. The van der Waals surface area contributed by atoms with Crippen molar-refractivity contribution in [1.82, 2.24) is 14.8 Å². The van der Waals surface area contributed by atoms with Gasteiger partial charge in [0.2, 0.25) is 0 Å². The van der Waals surface area contributed by atoms with Gasteiger partial charge in [-0.1, -0.05) is 12.1 Å². The second kappa shape index (κ2) is 6.16. The van der Waals surface area contributed by atoms with E-state index in [-0.39, 0.29) is 0 Å². The maximum absolute atomic E-state index is 5.21. The first-order valence-corrected chi connectivity index (χ1v) is 5.82. The minimum atomic E-state index is 0.656. The third kappa shape index (κ3) is 3.07. The second-order valence-corrected chi connectivity index (χ2v) is 3.96. The van der Waals surface area contributed by atoms with E-state index in [1.54, 1.807) is 20.5 Å². The number of benzene rings is 1. The van der Waals surface area contributed by atoms with Gasteiger partial charge >= 0.3 is 0 Å². The molecule has 0 aliphatic rings. The molecule has 1 aromatic carbocycles. The summed E-state index contributed by atoms with van der Waals surface area (Å²) in [5.74, 6) is 1.79. The molecule has 2 rings (SSSR count). The van der Waals surface area contributed by atoms with Gasteiger partial charge in [0.15, 0.2) is 0 Å². The first-order valence-electron chi connectivity index (χ1n) is 5.82. The Hall–Kier alpha value is -1.88. The molecular formula is C13H17N3O2. The van der Waals surface area contributed by atoms with E-state index >= 15 is 0 Å². The van der Waals surface area contributed by atoms with E-state index in [0.29, 0.717) is 6.61 Å². The van der Waals surface area contributed by atoms with Gasteiger partial charge in [-0.15, -0.1) is 10.2 Å². The highest BCUT2D eigenvalue weighted by Gasteiger charge is 2.06. The van der Waals surface area contributed by atoms with Crippen LogP contribution in [0, 0.1) is 0 Å². The van der Waals surface area contributed by atoms with Crippen LogP contribution >= 0.6 is 0 Å². The van der Waals surface area contributed by atoms with Crippen LogP contribution in [-0.2, 0) is 17.7 Å². The van der Waals surface area contributed by atoms with Crippen molar-refractivity contribution in [2.24, 2.45) is 0 Å². The fourth-order valence-electron chi connectivity index (χ4n) is 1.76. The molecule has 5 heteroatoms. The van der Waals surface area contributed by atoms with Gasteiger partial charge in [0, 0.05) is 20.1 Å². The summed E-state index contributed by atoms with van der Waals surface area (Å²) in [5.41, 5.74) is 1.15. The van der Waals surface area contributed by atoms with Gasteiger partial charge < -0.3 is 14.0 Å². The highest BCUT2D eigenvalue weighted by molar-refractivity contribution is 5.30. The van der Waals surface area contributed by atoms with E-state index in [2.05, 4.69) is 16.3 Å². The fraction of sp³-hybridized carbons (Fsp3) is 0.385. The van der Waals surface area contributed by atoms with Crippen molar-refractivity contribution in [3.8, 4) is 5.75 Å². The lowest BCUT2D eigenvalue weighted by Gasteiger charge is -2.07. The zero-order valence-electron chi connectivity index (χ0n) is 10.7. The average molecular weight is 247 g/mol. The Morgan fingerprint density at radius 3 is 2.94 bits per heavy atom. The monoisotopic (exact) mass is 247 g/mol. The Bertz CT molecular complexity index is 496. The third-order valence-electron chi connectivity index (χ3n) is 2.73. The predicted molar refractivity (Wildman–Crippen MR) is 67.7 cm³/mol. The van der Waals surface area contributed by atoms with E-state index in [9.17, 15) is 0 Å². The summed E-state index contributed by atoms with van der Waals surface area (Å²) in [4.78, 5) is 0. The van der Waals surface area contributed by atoms with Gasteiger partial charge in [0.25, 0.3) is 0 Å². The van der Waals surface area contributed by atoms with Crippen LogP contribution in [0.15, 0.2) is 30.6 Å². The Kier molecular flexibility index (Phi) is 4.30. The molecule has 0 amide bonds. The Labute approximate surface area is 106 Å². The van der Waals surface area contributed by atoms with E-state index in [1.807, 2.05) is 22.8 Å². The van der Waals surface area contributed by atoms with E-state index in [4.69, 9.17) is 9.47 Å². The summed E-state index contributed by atoms with van der Waals surface area (Å²) >= 11 is 0. The fourth-order valence-corrected chi connectivity index (χ4v) is 1.76. The van der Waals surface area contributed by atoms with Crippen LogP contribution in [0.4, 0.5) is 0 Å². The number of methoxy groups -OCH3 is 2. The lowest BCUT2D eigenvalue weighted by atomic mass is 10.1. The maximum atomic E-state index is 5.21. The molecule has 5 nitrogen and oxygen atoms in total. The molecule has 0 saturated heterocycles. The molecule has 1 heterocycles. The second-order valence-electron chi connectivity index (χ2n) is 3.96. The summed E-state index contributed by atoms with van der Waals surface area (Å²) in [6.07, 6.45) is 2.47. The Balaban J connectivity index is 2.10. The van der Waals surface area contributed by atoms with Crippen molar-refractivity contribution in [2.45, 2.75) is 13.0 Å². The Morgan fingerprint density at radius 1 is 1.28 bits per heavy atom. The summed E-state index contributed by atoms with van der Waals surface area (Å²) in [5, 5.41) is 8.08. The number of hydrogen-bond acceptors (Lipinski definition) is 4. The molecule has 2 aromatic rings. The number of nitrogens with zero attached hydrogens (tertiary/aromatic N) is 3. The topological polar surface area (TPSA) is 49.2 Å². The van der Waals surface area contributed by atoms with Crippen LogP contribution in [0.5, 0.6) is 5.75 Å². The molecular weight excluding hydrogens is 230 g/mol. The molecule has 0 aliphatic carbocycles. The summed E-state index contributed by atoms with van der Waals surface area (Å²) < 4.78 is 12.3. The zero-order chi connectivity index (χ0) is 12.8. The summed E-state index contributed by atoms with van der Waals surface area (Å²) in [7, 11) is 3.35. The smallest absolute Gasteiger partial charge is 0.137 e. The highest BCUT2D eigenvalue weighted by Crippen LogP contribution is 2.15. The summed E-state index contributed by atoms with van der Waals surface area (Å²) in [6.45, 7) is 1.42. The molecule has 0 bridgehead atoms. The molecule has 1 aromatic heterocycles. The van der Waals surface area contributed by atoms with Crippen molar-refractivity contribution in [3.05, 3.63) is 42.0 Å². The largest absolute Gasteiger partial charge is 0.497 e. The van der Waals surface area contributed by atoms with Crippen LogP contribution in [0.25, 0.3) is 0 Å². The van der Waals surface area contributed by atoms with Crippen molar-refractivity contribution < 1.29 is 9.47 Å². The van der Waals surface area contributed by atoms with Crippen LogP contribution in [0.2, 0.25) is 0 Å². The molecule has 96 valence electrons. The van der Waals surface area contributed by atoms with Gasteiger partial charge in [-0.2, -0.15) is 0 Å². The Morgan fingerprint density at radius 2 is 2.17 bits per heavy atom. The van der Waals surface area contributed by atoms with Crippen molar-refractivity contribution >= 4 is 0 Å². The molecule has 0 N–H and O–H groups in total. The first-order chi connectivity index (χ1) is 8.83. The molecule has 0 saturated carbocycles. The number of aromatic nitrogens is 3. The van der Waals surface area contributed by atoms with Crippen molar-refractivity contribution in [3.63, 3.8) is 0 Å². The summed E-state index contributed by atoms with van der Waals surface area (Å²) in [6, 6.07) is 7.97. The van der Waals surface area contributed by atoms with Gasteiger partial charge in [0.1, 0.15) is 17.9 Å². The molecule has 0 unspecified atom stereocenters. The quantitative estimate of drug-likeness (QED) is 0.776. The van der Waals surface area contributed by atoms with Gasteiger partial charge in [-0.3, -0.25) is 0 Å². The lowest BCUT2D eigenvalue weighted by molar-refractivity contribution is 0.186. The molecule has 0 aliphatic heterocycles. The van der Waals surface area contributed by atoms with E-state index in [0.717, 1.165) is 30.1 Å². The van der Waals surface area contributed by atoms with Crippen LogP contribution < -0.4 is 4.74 Å². The van der Waals surface area contributed by atoms with Crippen molar-refractivity contribution in [2.75, 3.05) is 20.8 Å². The maximum Gasteiger partial charge on any atom is 0.137 e. The van der Waals surface area contributed by atoms with E-state index in [1.165, 1.54) is 0 Å². The van der Waals surface area contributed by atoms with Gasteiger partial charge in [-0.25, -0.2) is 0 Å². The highest BCUT2D eigenvalue weighted by atomic mass is 16.5. The van der Waals surface area contributed by atoms with Gasteiger partial charge in [-0.05, 0) is 17.7 Å². The minimum absolute atomic E-state index is 0.656. The standard InChI is InChI=1S/C13H17N3O2/c1-17-7-6-16-10-14-15-13(16)9-11-4-3-5-12(8-11)18-2/h3-5,8,10H,6-7,9H2,1-2H3. The van der Waals surface area contributed by atoms with Crippen LogP contribution in [0.3, 0.4) is 0 Å². The first kappa shape index (κ1) is 12.6. The lowest BCUT2D eigenvalue weighted by Crippen LogP contribution is -2.08. The predicted octanol–water partition coefficient (Wildman–Crippen LogP) is 1.52. The third-order valence-corrected chi connectivity index (χ3v) is 2.73. The zero-order valence-corrected chi connectivity index (χ0v) is 10.7. The molecule has 0 fully saturated rings. The number of hydrogen-bond donors (Lipinski definition) is 0. The SMILES string of the molecule is COCCn1cnnc1Cc1cccc(OC)c1. The van der Waals surface area contributed by atoms with Crippen LogP contribution in [-0.4, -0.2) is 35.6 Å². The van der Waals surface area contributed by atoms with E-state index < -0.39 is 0 Å². The molecule has 0 spiro atoms. The molecule has 0 radical (unpaired) electrons. The molecule has 0 atom stereocenters. The van der Waals surface area contributed by atoms with Crippen molar-refractivity contribution in [1.29, 1.82) is 0 Å². The minimum Gasteiger partial charge on any atom is -0.497 e.